The third kappa shape index (κ3) is 4.19. The van der Waals surface area contributed by atoms with Gasteiger partial charge >= 0.3 is 0 Å². The maximum atomic E-state index is 13.3. The van der Waals surface area contributed by atoms with E-state index in [2.05, 4.69) is 15.2 Å². The van der Waals surface area contributed by atoms with Gasteiger partial charge in [0.1, 0.15) is 10.6 Å². The molecule has 152 valence electrons. The van der Waals surface area contributed by atoms with Gasteiger partial charge in [0, 0.05) is 33.1 Å². The number of nitrogens with zero attached hydrogens (tertiary/aromatic N) is 3. The molecule has 0 aliphatic carbocycles. The standard InChI is InChI=1S/C18H24N4O4S2/c1-12-17(27-18(19-12)20-13(2)23)14-5-6-15(26-4)16(11-14)28(24,25)22-9-7-21(3)8-10-22/h5-6,11H,7-10H2,1-4H3,(H,19,20,23). The maximum Gasteiger partial charge on any atom is 0.246 e. The van der Waals surface area contributed by atoms with Gasteiger partial charge in [0.25, 0.3) is 0 Å². The van der Waals surface area contributed by atoms with Crippen LogP contribution in [0.4, 0.5) is 5.13 Å². The summed E-state index contributed by atoms with van der Waals surface area (Å²) in [6.45, 7) is 5.52. The van der Waals surface area contributed by atoms with Crippen molar-refractivity contribution < 1.29 is 17.9 Å². The monoisotopic (exact) mass is 424 g/mol. The van der Waals surface area contributed by atoms with Crippen molar-refractivity contribution in [2.45, 2.75) is 18.7 Å². The second-order valence-corrected chi connectivity index (χ2v) is 9.59. The van der Waals surface area contributed by atoms with Crippen molar-refractivity contribution in [3.63, 3.8) is 0 Å². The lowest BCUT2D eigenvalue weighted by Gasteiger charge is -2.31. The highest BCUT2D eigenvalue weighted by atomic mass is 32.2. The molecule has 1 fully saturated rings. The number of hydrogen-bond donors (Lipinski definition) is 1. The van der Waals surface area contributed by atoms with E-state index < -0.39 is 10.0 Å². The number of amides is 1. The average Bonchev–Trinajstić information content (AvgIpc) is 3.01. The molecule has 0 bridgehead atoms. The summed E-state index contributed by atoms with van der Waals surface area (Å²) in [5.74, 6) is 0.111. The second kappa shape index (κ2) is 8.16. The lowest BCUT2D eigenvalue weighted by molar-refractivity contribution is -0.114. The van der Waals surface area contributed by atoms with E-state index in [1.165, 1.54) is 29.7 Å². The van der Waals surface area contributed by atoms with E-state index in [4.69, 9.17) is 4.74 Å². The van der Waals surface area contributed by atoms with Crippen molar-refractivity contribution in [2.24, 2.45) is 0 Å². The summed E-state index contributed by atoms with van der Waals surface area (Å²) in [5, 5.41) is 3.16. The summed E-state index contributed by atoms with van der Waals surface area (Å²) in [4.78, 5) is 18.7. The van der Waals surface area contributed by atoms with E-state index in [0.717, 1.165) is 16.1 Å². The van der Waals surface area contributed by atoms with Crippen LogP contribution in [0.1, 0.15) is 12.6 Å². The van der Waals surface area contributed by atoms with E-state index in [-0.39, 0.29) is 10.8 Å². The van der Waals surface area contributed by atoms with Gasteiger partial charge in [-0.05, 0) is 37.7 Å². The predicted molar refractivity (Wildman–Crippen MR) is 109 cm³/mol. The molecule has 1 amide bonds. The van der Waals surface area contributed by atoms with Gasteiger partial charge in [-0.3, -0.25) is 4.79 Å². The van der Waals surface area contributed by atoms with Crippen molar-refractivity contribution in [1.82, 2.24) is 14.2 Å². The lowest BCUT2D eigenvalue weighted by atomic mass is 10.1. The maximum absolute atomic E-state index is 13.3. The molecule has 1 saturated heterocycles. The number of carbonyl (C=O) groups is 1. The van der Waals surface area contributed by atoms with Crippen LogP contribution in [-0.4, -0.2) is 68.9 Å². The summed E-state index contributed by atoms with van der Waals surface area (Å²) in [6, 6.07) is 5.10. The number of sulfonamides is 1. The predicted octanol–water partition coefficient (Wildman–Crippen LogP) is 2.02. The van der Waals surface area contributed by atoms with Crippen molar-refractivity contribution in [1.29, 1.82) is 0 Å². The number of carbonyl (C=O) groups excluding carboxylic acids is 1. The number of likely N-dealkylation sites (N-methyl/N-ethyl adjacent to an activating group) is 1. The molecule has 0 radical (unpaired) electrons. The van der Waals surface area contributed by atoms with Crippen LogP contribution in [0, 0.1) is 6.92 Å². The molecule has 1 aromatic heterocycles. The van der Waals surface area contributed by atoms with Crippen LogP contribution in [0.3, 0.4) is 0 Å². The summed E-state index contributed by atoms with van der Waals surface area (Å²) in [5.41, 5.74) is 1.45. The van der Waals surface area contributed by atoms with Gasteiger partial charge in [-0.15, -0.1) is 0 Å². The zero-order chi connectivity index (χ0) is 20.5. The minimum absolute atomic E-state index is 0.144. The normalized spacial score (nSPS) is 16.1. The Morgan fingerprint density at radius 2 is 1.93 bits per heavy atom. The first-order chi connectivity index (χ1) is 13.2. The Hall–Kier alpha value is -2.01. The molecule has 1 aliphatic rings. The van der Waals surface area contributed by atoms with Crippen LogP contribution in [0.15, 0.2) is 23.1 Å². The Kier molecular flexibility index (Phi) is 6.04. The fraction of sp³-hybridized carbons (Fsp3) is 0.444. The number of piperazine rings is 1. The Balaban J connectivity index is 2.01. The highest BCUT2D eigenvalue weighted by Crippen LogP contribution is 2.37. The van der Waals surface area contributed by atoms with Crippen molar-refractivity contribution in [3.05, 3.63) is 23.9 Å². The fourth-order valence-electron chi connectivity index (χ4n) is 3.06. The number of ether oxygens (including phenoxy) is 1. The quantitative estimate of drug-likeness (QED) is 0.790. The molecule has 1 N–H and O–H groups in total. The van der Waals surface area contributed by atoms with E-state index in [1.807, 2.05) is 14.0 Å². The van der Waals surface area contributed by atoms with Gasteiger partial charge in [-0.1, -0.05) is 11.3 Å². The van der Waals surface area contributed by atoms with Gasteiger partial charge < -0.3 is 15.0 Å². The SMILES string of the molecule is COc1ccc(-c2sc(NC(C)=O)nc2C)cc1S(=O)(=O)N1CCN(C)CC1. The largest absolute Gasteiger partial charge is 0.495 e. The topological polar surface area (TPSA) is 91.8 Å². The lowest BCUT2D eigenvalue weighted by Crippen LogP contribution is -2.47. The highest BCUT2D eigenvalue weighted by Gasteiger charge is 2.30. The molecule has 2 heterocycles. The van der Waals surface area contributed by atoms with Gasteiger partial charge in [0.2, 0.25) is 15.9 Å². The third-order valence-corrected chi connectivity index (χ3v) is 7.63. The van der Waals surface area contributed by atoms with E-state index >= 15 is 0 Å². The minimum atomic E-state index is -3.69. The molecule has 10 heteroatoms. The molecule has 28 heavy (non-hydrogen) atoms. The van der Waals surface area contributed by atoms with Crippen molar-refractivity contribution >= 4 is 32.4 Å². The average molecular weight is 425 g/mol. The summed E-state index contributed by atoms with van der Waals surface area (Å²) in [6.07, 6.45) is 0. The Morgan fingerprint density at radius 1 is 1.25 bits per heavy atom. The Labute approximate surface area is 169 Å². The van der Waals surface area contributed by atoms with Crippen LogP contribution < -0.4 is 10.1 Å². The first-order valence-corrected chi connectivity index (χ1v) is 11.1. The first kappa shape index (κ1) is 20.7. The first-order valence-electron chi connectivity index (χ1n) is 8.84. The fourth-order valence-corrected chi connectivity index (χ4v) is 5.67. The number of hydrogen-bond acceptors (Lipinski definition) is 7. The zero-order valence-electron chi connectivity index (χ0n) is 16.4. The zero-order valence-corrected chi connectivity index (χ0v) is 18.0. The molecule has 0 unspecified atom stereocenters. The van der Waals surface area contributed by atoms with Crippen LogP contribution in [0.25, 0.3) is 10.4 Å². The number of thiazole rings is 1. The van der Waals surface area contributed by atoms with Crippen molar-refractivity contribution in [3.8, 4) is 16.2 Å². The number of methoxy groups -OCH3 is 1. The molecule has 3 rings (SSSR count). The number of aryl methyl sites for hydroxylation is 1. The molecule has 0 spiro atoms. The minimum Gasteiger partial charge on any atom is -0.495 e. The van der Waals surface area contributed by atoms with Gasteiger partial charge in [0.05, 0.1) is 17.7 Å². The Bertz CT molecular complexity index is 979. The van der Waals surface area contributed by atoms with Crippen LogP contribution in [-0.2, 0) is 14.8 Å². The number of nitrogens with one attached hydrogen (secondary N) is 1. The molecule has 0 saturated carbocycles. The molecular formula is C18H24N4O4S2. The number of benzene rings is 1. The van der Waals surface area contributed by atoms with Crippen molar-refractivity contribution in [2.75, 3.05) is 45.7 Å². The van der Waals surface area contributed by atoms with Crippen LogP contribution in [0.2, 0.25) is 0 Å². The molecule has 8 nitrogen and oxygen atoms in total. The van der Waals surface area contributed by atoms with E-state index in [1.54, 1.807) is 18.2 Å². The van der Waals surface area contributed by atoms with Gasteiger partial charge in [-0.2, -0.15) is 4.31 Å². The van der Waals surface area contributed by atoms with Crippen LogP contribution >= 0.6 is 11.3 Å². The summed E-state index contributed by atoms with van der Waals surface area (Å²) >= 11 is 1.31. The highest BCUT2D eigenvalue weighted by molar-refractivity contribution is 7.89. The Morgan fingerprint density at radius 3 is 2.54 bits per heavy atom. The van der Waals surface area contributed by atoms with Gasteiger partial charge in [0.15, 0.2) is 5.13 Å². The molecule has 2 aromatic rings. The smallest absolute Gasteiger partial charge is 0.246 e. The van der Waals surface area contributed by atoms with E-state index in [9.17, 15) is 13.2 Å². The number of anilines is 1. The molecule has 0 atom stereocenters. The number of aromatic nitrogens is 1. The summed E-state index contributed by atoms with van der Waals surface area (Å²) in [7, 11) is -0.248. The van der Waals surface area contributed by atoms with Gasteiger partial charge in [-0.25, -0.2) is 13.4 Å². The summed E-state index contributed by atoms with van der Waals surface area (Å²) < 4.78 is 33.3. The second-order valence-electron chi connectivity index (χ2n) is 6.69. The van der Waals surface area contributed by atoms with E-state index in [0.29, 0.717) is 37.1 Å². The number of rotatable bonds is 5. The molecule has 1 aliphatic heterocycles. The third-order valence-electron chi connectivity index (χ3n) is 4.59. The van der Waals surface area contributed by atoms with Crippen LogP contribution in [0.5, 0.6) is 5.75 Å². The molecular weight excluding hydrogens is 400 g/mol. The molecule has 1 aromatic carbocycles.